The van der Waals surface area contributed by atoms with E-state index in [1.54, 1.807) is 6.07 Å². The van der Waals surface area contributed by atoms with Gasteiger partial charge in [-0.2, -0.15) is 5.26 Å². The fraction of sp³-hybridized carbons (Fsp3) is 0.500. The molecule has 2 aliphatic carbocycles. The summed E-state index contributed by atoms with van der Waals surface area (Å²) >= 11 is 5.94. The molecule has 1 heterocycles. The molecule has 1 saturated heterocycles. The van der Waals surface area contributed by atoms with Crippen LogP contribution in [0.5, 0.6) is 0 Å². The summed E-state index contributed by atoms with van der Waals surface area (Å²) < 4.78 is 13.6. The second-order valence-corrected chi connectivity index (χ2v) is 10.9. The number of likely N-dealkylation sites (tertiary alicyclic amines) is 1. The van der Waals surface area contributed by atoms with E-state index < -0.39 is 5.82 Å². The minimum Gasteiger partial charge on any atom is -0.320 e. The number of amides is 2. The molecule has 5 rings (SSSR count). The molecule has 0 radical (unpaired) electrons. The highest BCUT2D eigenvalue weighted by Crippen LogP contribution is 2.62. The van der Waals surface area contributed by atoms with Crippen molar-refractivity contribution >= 4 is 23.3 Å². The minimum absolute atomic E-state index is 0.000251. The van der Waals surface area contributed by atoms with Crippen LogP contribution < -0.4 is 5.32 Å². The van der Waals surface area contributed by atoms with E-state index in [2.05, 4.69) is 29.3 Å². The molecule has 3 fully saturated rings. The van der Waals surface area contributed by atoms with Crippen LogP contribution in [0.3, 0.4) is 0 Å². The highest BCUT2D eigenvalue weighted by molar-refractivity contribution is 6.31. The largest absolute Gasteiger partial charge is 0.322 e. The third-order valence-corrected chi connectivity index (χ3v) is 8.76. The van der Waals surface area contributed by atoms with Gasteiger partial charge >= 0.3 is 6.03 Å². The monoisotopic (exact) mass is 494 g/mol. The van der Waals surface area contributed by atoms with Crippen LogP contribution in [0.25, 0.3) is 0 Å². The molecular formula is C28H32ClFN4O. The maximum Gasteiger partial charge on any atom is 0.322 e. The first-order chi connectivity index (χ1) is 16.9. The van der Waals surface area contributed by atoms with Crippen molar-refractivity contribution in [2.24, 2.45) is 5.92 Å². The third-order valence-electron chi connectivity index (χ3n) is 8.47. The third kappa shape index (κ3) is 4.90. The van der Waals surface area contributed by atoms with Gasteiger partial charge in [0.25, 0.3) is 0 Å². The second-order valence-electron chi connectivity index (χ2n) is 10.5. The first kappa shape index (κ1) is 24.1. The van der Waals surface area contributed by atoms with Crippen LogP contribution in [0.4, 0.5) is 14.9 Å². The first-order valence-corrected chi connectivity index (χ1v) is 13.0. The number of benzene rings is 2. The van der Waals surface area contributed by atoms with Crippen LogP contribution in [0, 0.1) is 23.1 Å². The van der Waals surface area contributed by atoms with Gasteiger partial charge in [0.1, 0.15) is 5.82 Å². The molecule has 7 heteroatoms. The van der Waals surface area contributed by atoms with Gasteiger partial charge < -0.3 is 10.2 Å². The summed E-state index contributed by atoms with van der Waals surface area (Å²) in [6, 6.07) is 15.1. The summed E-state index contributed by atoms with van der Waals surface area (Å²) in [5.41, 5.74) is 2.64. The van der Waals surface area contributed by atoms with Crippen molar-refractivity contribution in [2.45, 2.75) is 62.9 Å². The highest BCUT2D eigenvalue weighted by atomic mass is 35.5. The first-order valence-electron chi connectivity index (χ1n) is 12.7. The van der Waals surface area contributed by atoms with E-state index in [1.165, 1.54) is 30.5 Å². The lowest BCUT2D eigenvalue weighted by atomic mass is 9.80. The van der Waals surface area contributed by atoms with Crippen LogP contribution in [-0.4, -0.2) is 47.5 Å². The van der Waals surface area contributed by atoms with Gasteiger partial charge in [-0.25, -0.2) is 9.18 Å². The van der Waals surface area contributed by atoms with Gasteiger partial charge in [0.05, 0.1) is 16.7 Å². The van der Waals surface area contributed by atoms with Crippen molar-refractivity contribution in [1.29, 1.82) is 5.26 Å². The number of fused-ring (bicyclic) bond motifs is 1. The van der Waals surface area contributed by atoms with Crippen LogP contribution in [0.1, 0.15) is 56.6 Å². The SMILES string of the molecule is CC1CCCN1CCN(C(=O)Nc1ccc(F)c(Cl)c1)[C@@H]1CC[C@]2(c3cccc(C#N)c3)CC2C1. The molecule has 0 aromatic heterocycles. The Morgan fingerprint density at radius 1 is 1.31 bits per heavy atom. The van der Waals surface area contributed by atoms with E-state index in [1.807, 2.05) is 23.1 Å². The summed E-state index contributed by atoms with van der Waals surface area (Å²) in [5, 5.41) is 12.3. The number of urea groups is 1. The Labute approximate surface area is 211 Å². The van der Waals surface area contributed by atoms with Crippen LogP contribution >= 0.6 is 11.6 Å². The van der Waals surface area contributed by atoms with Crippen molar-refractivity contribution in [3.63, 3.8) is 0 Å². The van der Waals surface area contributed by atoms with Gasteiger partial charge in [-0.15, -0.1) is 0 Å². The number of hydrogen-bond donors (Lipinski definition) is 1. The lowest BCUT2D eigenvalue weighted by Gasteiger charge is -2.38. The Hall–Kier alpha value is -2.62. The van der Waals surface area contributed by atoms with Crippen LogP contribution in [0.15, 0.2) is 42.5 Å². The van der Waals surface area contributed by atoms with Gasteiger partial charge in [-0.1, -0.05) is 23.7 Å². The van der Waals surface area contributed by atoms with Crippen molar-refractivity contribution in [1.82, 2.24) is 9.80 Å². The fourth-order valence-electron chi connectivity index (χ4n) is 6.33. The minimum atomic E-state index is -0.498. The van der Waals surface area contributed by atoms with Crippen molar-refractivity contribution in [2.75, 3.05) is 25.0 Å². The lowest BCUT2D eigenvalue weighted by molar-refractivity contribution is 0.143. The van der Waals surface area contributed by atoms with E-state index >= 15 is 0 Å². The summed E-state index contributed by atoms with van der Waals surface area (Å²) in [4.78, 5) is 17.9. The van der Waals surface area contributed by atoms with E-state index in [0.717, 1.165) is 38.8 Å². The average Bonchev–Trinajstić information content (AvgIpc) is 3.47. The Morgan fingerprint density at radius 3 is 2.89 bits per heavy atom. The normalized spacial score (nSPS) is 27.7. The van der Waals surface area contributed by atoms with Gasteiger partial charge in [-0.05, 0) is 99.2 Å². The summed E-state index contributed by atoms with van der Waals surface area (Å²) in [5.74, 6) is 0.0267. The van der Waals surface area contributed by atoms with Gasteiger partial charge in [0.2, 0.25) is 0 Å². The van der Waals surface area contributed by atoms with E-state index in [4.69, 9.17) is 11.6 Å². The standard InChI is InChI=1S/C28H32ClFN4O/c1-19-4-3-11-33(19)12-13-34(27(35)32-23-7-8-26(30)25(29)16-23)24-9-10-28(17-22(28)15-24)21-6-2-5-20(14-21)18-31/h2,5-8,14,16,19,22,24H,3-4,9-13,15,17H2,1H3,(H,32,35)/t19?,22?,24-,28-/m1/s1. The smallest absolute Gasteiger partial charge is 0.320 e. The molecule has 2 unspecified atom stereocenters. The maximum absolute atomic E-state index is 13.6. The highest BCUT2D eigenvalue weighted by Gasteiger charge is 2.58. The topological polar surface area (TPSA) is 59.4 Å². The summed E-state index contributed by atoms with van der Waals surface area (Å²) in [7, 11) is 0. The molecule has 35 heavy (non-hydrogen) atoms. The van der Waals surface area contributed by atoms with Crippen LogP contribution in [-0.2, 0) is 5.41 Å². The number of nitriles is 1. The number of anilines is 1. The maximum atomic E-state index is 13.6. The van der Waals surface area contributed by atoms with Crippen molar-refractivity contribution < 1.29 is 9.18 Å². The number of halogens is 2. The molecule has 2 amide bonds. The molecule has 1 aliphatic heterocycles. The van der Waals surface area contributed by atoms with Gasteiger partial charge in [-0.3, -0.25) is 4.90 Å². The molecule has 5 nitrogen and oxygen atoms in total. The molecule has 0 bridgehead atoms. The predicted octanol–water partition coefficient (Wildman–Crippen LogP) is 6.18. The number of hydrogen-bond acceptors (Lipinski definition) is 3. The molecule has 2 aromatic rings. The number of carbonyl (C=O) groups is 1. The molecule has 2 saturated carbocycles. The van der Waals surface area contributed by atoms with Crippen molar-refractivity contribution in [3.8, 4) is 6.07 Å². The zero-order chi connectivity index (χ0) is 24.6. The molecule has 3 aliphatic rings. The Kier molecular flexibility index (Phi) is 6.74. The average molecular weight is 495 g/mol. The number of nitrogens with one attached hydrogen (secondary N) is 1. The quantitative estimate of drug-likeness (QED) is 0.521. The Bertz CT molecular complexity index is 1150. The molecule has 184 valence electrons. The number of rotatable bonds is 6. The zero-order valence-electron chi connectivity index (χ0n) is 20.1. The number of carbonyl (C=O) groups excluding carboxylic acids is 1. The Morgan fingerprint density at radius 2 is 2.17 bits per heavy atom. The molecule has 4 atom stereocenters. The van der Waals surface area contributed by atoms with Crippen LogP contribution in [0.2, 0.25) is 5.02 Å². The zero-order valence-corrected chi connectivity index (χ0v) is 20.9. The lowest BCUT2D eigenvalue weighted by Crippen LogP contribution is -2.48. The predicted molar refractivity (Wildman–Crippen MR) is 136 cm³/mol. The van der Waals surface area contributed by atoms with Crippen molar-refractivity contribution in [3.05, 3.63) is 64.4 Å². The second kappa shape index (κ2) is 9.79. The molecule has 2 aromatic carbocycles. The molecular weight excluding hydrogens is 463 g/mol. The molecule has 0 spiro atoms. The number of nitrogens with zero attached hydrogens (tertiary/aromatic N) is 3. The van der Waals surface area contributed by atoms with E-state index in [9.17, 15) is 14.4 Å². The van der Waals surface area contributed by atoms with E-state index in [-0.39, 0.29) is 22.5 Å². The van der Waals surface area contributed by atoms with Gasteiger partial charge in [0, 0.05) is 30.9 Å². The van der Waals surface area contributed by atoms with E-state index in [0.29, 0.717) is 29.8 Å². The Balaban J connectivity index is 1.30. The fourth-order valence-corrected chi connectivity index (χ4v) is 6.51. The summed E-state index contributed by atoms with van der Waals surface area (Å²) in [6.07, 6.45) is 6.44. The molecule has 1 N–H and O–H groups in total. The van der Waals surface area contributed by atoms with Gasteiger partial charge in [0.15, 0.2) is 0 Å². The summed E-state index contributed by atoms with van der Waals surface area (Å²) in [6.45, 7) is 4.86.